The molecule has 11 heavy (non-hydrogen) atoms. The molecule has 0 amide bonds. The lowest BCUT2D eigenvalue weighted by atomic mass is 9.79. The highest BCUT2D eigenvalue weighted by atomic mass is 16.3. The molecule has 2 atom stereocenters. The van der Waals surface area contributed by atoms with Crippen LogP contribution >= 0.6 is 0 Å². The summed E-state index contributed by atoms with van der Waals surface area (Å²) in [5.41, 5.74) is 5.58. The molecule has 2 unspecified atom stereocenters. The van der Waals surface area contributed by atoms with E-state index in [0.29, 0.717) is 12.5 Å². The van der Waals surface area contributed by atoms with Crippen molar-refractivity contribution in [3.63, 3.8) is 0 Å². The molecule has 66 valence electrons. The number of hydrogen-bond donors (Lipinski definition) is 2. The van der Waals surface area contributed by atoms with E-state index in [4.69, 9.17) is 5.73 Å². The highest BCUT2D eigenvalue weighted by molar-refractivity contribution is 4.92. The second-order valence-electron chi connectivity index (χ2n) is 3.99. The van der Waals surface area contributed by atoms with Gasteiger partial charge in [0.25, 0.3) is 0 Å². The van der Waals surface area contributed by atoms with E-state index in [1.807, 2.05) is 0 Å². The Balaban J connectivity index is 2.51. The van der Waals surface area contributed by atoms with Gasteiger partial charge in [-0.05, 0) is 25.2 Å². The van der Waals surface area contributed by atoms with Crippen LogP contribution in [0.15, 0.2) is 0 Å². The van der Waals surface area contributed by atoms with E-state index in [-0.39, 0.29) is 11.5 Å². The van der Waals surface area contributed by atoms with Crippen molar-refractivity contribution in [3.05, 3.63) is 0 Å². The Labute approximate surface area is 68.8 Å². The maximum atomic E-state index is 9.83. The summed E-state index contributed by atoms with van der Waals surface area (Å²) in [7, 11) is 0. The zero-order chi connectivity index (χ0) is 8.48. The van der Waals surface area contributed by atoms with Crippen molar-refractivity contribution in [1.29, 1.82) is 0 Å². The number of nitrogens with two attached hydrogens (primary N) is 1. The Hall–Kier alpha value is -0.0800. The fourth-order valence-electron chi connectivity index (χ4n) is 1.46. The molecule has 2 nitrogen and oxygen atoms in total. The Morgan fingerprint density at radius 3 is 2.45 bits per heavy atom. The summed E-state index contributed by atoms with van der Waals surface area (Å²) in [6, 6.07) is 0. The van der Waals surface area contributed by atoms with Crippen molar-refractivity contribution < 1.29 is 5.11 Å². The third-order valence-electron chi connectivity index (χ3n) is 3.06. The van der Waals surface area contributed by atoms with Gasteiger partial charge in [0.05, 0.1) is 6.10 Å². The fraction of sp³-hybridized carbons (Fsp3) is 1.00. The van der Waals surface area contributed by atoms with Gasteiger partial charge in [0.15, 0.2) is 0 Å². The molecule has 0 spiro atoms. The predicted octanol–water partition coefficient (Wildman–Crippen LogP) is 1.13. The van der Waals surface area contributed by atoms with Gasteiger partial charge in [-0.25, -0.2) is 0 Å². The van der Waals surface area contributed by atoms with E-state index in [2.05, 4.69) is 13.8 Å². The summed E-state index contributed by atoms with van der Waals surface area (Å²) in [6.07, 6.45) is 3.19. The first-order chi connectivity index (χ1) is 5.14. The van der Waals surface area contributed by atoms with Crippen LogP contribution in [0.1, 0.15) is 33.1 Å². The molecule has 1 saturated carbocycles. The summed E-state index contributed by atoms with van der Waals surface area (Å²) >= 11 is 0. The first-order valence-corrected chi connectivity index (χ1v) is 4.52. The van der Waals surface area contributed by atoms with E-state index in [9.17, 15) is 5.11 Å². The number of aliphatic hydroxyl groups is 1. The molecular formula is C9H19NO. The largest absolute Gasteiger partial charge is 0.392 e. The topological polar surface area (TPSA) is 46.2 Å². The molecule has 0 aromatic heterocycles. The van der Waals surface area contributed by atoms with Gasteiger partial charge in [-0.1, -0.05) is 13.8 Å². The number of aliphatic hydroxyl groups excluding tert-OH is 1. The normalized spacial score (nSPS) is 26.2. The third-order valence-corrected chi connectivity index (χ3v) is 3.06. The van der Waals surface area contributed by atoms with Gasteiger partial charge >= 0.3 is 0 Å². The molecule has 0 aliphatic heterocycles. The van der Waals surface area contributed by atoms with Gasteiger partial charge in [0.2, 0.25) is 0 Å². The van der Waals surface area contributed by atoms with Crippen LogP contribution in [0.3, 0.4) is 0 Å². The maximum absolute atomic E-state index is 9.83. The summed E-state index contributed by atoms with van der Waals surface area (Å²) < 4.78 is 0. The van der Waals surface area contributed by atoms with Gasteiger partial charge in [-0.2, -0.15) is 0 Å². The maximum Gasteiger partial charge on any atom is 0.0633 e. The molecule has 0 aromatic rings. The van der Waals surface area contributed by atoms with E-state index in [1.165, 1.54) is 12.8 Å². The summed E-state index contributed by atoms with van der Waals surface area (Å²) in [5.74, 6) is 0.545. The molecule has 1 fully saturated rings. The quantitative estimate of drug-likeness (QED) is 0.642. The van der Waals surface area contributed by atoms with Gasteiger partial charge < -0.3 is 10.8 Å². The summed E-state index contributed by atoms with van der Waals surface area (Å²) in [5, 5.41) is 9.83. The second-order valence-corrected chi connectivity index (χ2v) is 3.99. The average Bonchev–Trinajstić information content (AvgIpc) is 2.84. The van der Waals surface area contributed by atoms with Gasteiger partial charge in [0.1, 0.15) is 0 Å². The fourth-order valence-corrected chi connectivity index (χ4v) is 1.46. The zero-order valence-corrected chi connectivity index (χ0v) is 7.51. The molecule has 0 bridgehead atoms. The van der Waals surface area contributed by atoms with Crippen LogP contribution < -0.4 is 5.73 Å². The van der Waals surface area contributed by atoms with Crippen LogP contribution in [-0.2, 0) is 0 Å². The van der Waals surface area contributed by atoms with Crippen molar-refractivity contribution in [2.24, 2.45) is 17.1 Å². The SMILES string of the molecule is CCC(C)(CN)C(O)C1CC1. The van der Waals surface area contributed by atoms with E-state index < -0.39 is 0 Å². The smallest absolute Gasteiger partial charge is 0.0633 e. The van der Waals surface area contributed by atoms with E-state index in [0.717, 1.165) is 6.42 Å². The highest BCUT2D eigenvalue weighted by Crippen LogP contribution is 2.41. The molecule has 0 radical (unpaired) electrons. The Morgan fingerprint density at radius 1 is 1.64 bits per heavy atom. The monoisotopic (exact) mass is 157 g/mol. The molecule has 1 rings (SSSR count). The van der Waals surface area contributed by atoms with Gasteiger partial charge in [-0.3, -0.25) is 0 Å². The van der Waals surface area contributed by atoms with Crippen LogP contribution in [0.25, 0.3) is 0 Å². The van der Waals surface area contributed by atoms with Crippen LogP contribution in [0.2, 0.25) is 0 Å². The third kappa shape index (κ3) is 1.74. The lowest BCUT2D eigenvalue weighted by molar-refractivity contribution is 0.0227. The summed E-state index contributed by atoms with van der Waals surface area (Å²) in [6.45, 7) is 4.77. The van der Waals surface area contributed by atoms with Gasteiger partial charge in [-0.15, -0.1) is 0 Å². The lowest BCUT2D eigenvalue weighted by Crippen LogP contribution is -2.39. The molecule has 1 aliphatic rings. The molecule has 0 aromatic carbocycles. The van der Waals surface area contributed by atoms with Crippen LogP contribution in [-0.4, -0.2) is 17.8 Å². The van der Waals surface area contributed by atoms with Crippen molar-refractivity contribution in [3.8, 4) is 0 Å². The molecule has 1 aliphatic carbocycles. The van der Waals surface area contributed by atoms with Crippen LogP contribution in [0, 0.1) is 11.3 Å². The minimum atomic E-state index is -0.169. The van der Waals surface area contributed by atoms with Crippen molar-refractivity contribution in [1.82, 2.24) is 0 Å². The second kappa shape index (κ2) is 3.11. The molecule has 2 heteroatoms. The first-order valence-electron chi connectivity index (χ1n) is 4.52. The van der Waals surface area contributed by atoms with Crippen molar-refractivity contribution in [2.75, 3.05) is 6.54 Å². The van der Waals surface area contributed by atoms with Crippen molar-refractivity contribution in [2.45, 2.75) is 39.2 Å². The molecular weight excluding hydrogens is 138 g/mol. The van der Waals surface area contributed by atoms with E-state index in [1.54, 1.807) is 0 Å². The Kier molecular flexibility index (Phi) is 2.55. The minimum absolute atomic E-state index is 0.0405. The number of hydrogen-bond acceptors (Lipinski definition) is 2. The molecule has 0 saturated heterocycles. The van der Waals surface area contributed by atoms with Crippen LogP contribution in [0.5, 0.6) is 0 Å². The lowest BCUT2D eigenvalue weighted by Gasteiger charge is -2.32. The first kappa shape index (κ1) is 9.01. The number of rotatable bonds is 4. The Morgan fingerprint density at radius 2 is 2.18 bits per heavy atom. The standard InChI is InChI=1S/C9H19NO/c1-3-9(2,6-10)8(11)7-4-5-7/h7-8,11H,3-6,10H2,1-2H3. The van der Waals surface area contributed by atoms with Gasteiger partial charge in [0, 0.05) is 12.0 Å². The van der Waals surface area contributed by atoms with Crippen molar-refractivity contribution >= 4 is 0 Å². The highest BCUT2D eigenvalue weighted by Gasteiger charge is 2.40. The van der Waals surface area contributed by atoms with Crippen LogP contribution in [0.4, 0.5) is 0 Å². The zero-order valence-electron chi connectivity index (χ0n) is 7.51. The molecule has 3 N–H and O–H groups in total. The Bertz CT molecular complexity index is 128. The predicted molar refractivity (Wildman–Crippen MR) is 46.2 cm³/mol. The average molecular weight is 157 g/mol. The minimum Gasteiger partial charge on any atom is -0.392 e. The molecule has 0 heterocycles. The van der Waals surface area contributed by atoms with E-state index >= 15 is 0 Å². The summed E-state index contributed by atoms with van der Waals surface area (Å²) in [4.78, 5) is 0.